The summed E-state index contributed by atoms with van der Waals surface area (Å²) in [6.07, 6.45) is 0.601. The molecule has 0 aliphatic carbocycles. The van der Waals surface area contributed by atoms with Crippen LogP contribution in [0.5, 0.6) is 23.5 Å². The first-order valence-electron chi connectivity index (χ1n) is 19.9. The van der Waals surface area contributed by atoms with Crippen LogP contribution in [0.2, 0.25) is 0 Å². The molecule has 0 aliphatic rings. The number of aliphatic carboxylic acids is 2. The third-order valence-electron chi connectivity index (χ3n) is 9.76. The fourth-order valence-corrected chi connectivity index (χ4v) is 8.42. The van der Waals surface area contributed by atoms with E-state index in [2.05, 4.69) is 64.6 Å². The monoisotopic (exact) mass is 1040 g/mol. The number of thiazole rings is 2. The molecule has 0 saturated carbocycles. The van der Waals surface area contributed by atoms with Crippen LogP contribution in [0.3, 0.4) is 0 Å². The minimum Gasteiger partial charge on any atom is -0.481 e. The second-order valence-electron chi connectivity index (χ2n) is 14.5. The van der Waals surface area contributed by atoms with E-state index in [0.717, 1.165) is 43.1 Å². The van der Waals surface area contributed by atoms with E-state index in [4.69, 9.17) is 39.1 Å². The van der Waals surface area contributed by atoms with Crippen molar-refractivity contribution in [1.82, 2.24) is 30.6 Å². The predicted molar refractivity (Wildman–Crippen MR) is 247 cm³/mol. The number of nitrogens with zero attached hydrogens (tertiary/aromatic N) is 4. The molecule has 0 unspecified atom stereocenters. The molecule has 0 radical (unpaired) electrons. The van der Waals surface area contributed by atoms with Gasteiger partial charge in [0, 0.05) is 49.7 Å². The van der Waals surface area contributed by atoms with Gasteiger partial charge in [-0.15, -0.1) is 22.7 Å². The fraction of sp³-hybridized carbons (Fsp3) is 0.318. The number of aromatic nitrogens is 4. The Bertz CT molecular complexity index is 2330. The highest BCUT2D eigenvalue weighted by atomic mass is 79.9. The number of nitrogens with one attached hydrogen (secondary N) is 2. The summed E-state index contributed by atoms with van der Waals surface area (Å²) in [7, 11) is 0. The molecule has 2 aromatic carbocycles. The molecule has 6 N–H and O–H groups in total. The molecule has 0 amide bonds. The van der Waals surface area contributed by atoms with Crippen molar-refractivity contribution < 1.29 is 49.0 Å². The van der Waals surface area contributed by atoms with E-state index in [1.165, 1.54) is 22.7 Å². The summed E-state index contributed by atoms with van der Waals surface area (Å²) in [5, 5.41) is 44.2. The van der Waals surface area contributed by atoms with E-state index in [1.54, 1.807) is 23.4 Å². The van der Waals surface area contributed by atoms with E-state index in [-0.39, 0.29) is 65.4 Å². The van der Waals surface area contributed by atoms with Gasteiger partial charge >= 0.3 is 11.9 Å². The van der Waals surface area contributed by atoms with Crippen LogP contribution in [-0.2, 0) is 49.1 Å². The van der Waals surface area contributed by atoms with Gasteiger partial charge < -0.3 is 50.0 Å². The fourth-order valence-electron chi connectivity index (χ4n) is 6.45. The summed E-state index contributed by atoms with van der Waals surface area (Å²) in [6, 6.07) is 15.8. The molecule has 64 heavy (non-hydrogen) atoms. The highest BCUT2D eigenvalue weighted by molar-refractivity contribution is 9.10. The maximum atomic E-state index is 11.0. The van der Waals surface area contributed by atoms with Crippen molar-refractivity contribution in [2.45, 2.75) is 78.4 Å². The average Bonchev–Trinajstić information content (AvgIpc) is 3.98. The average molecular weight is 1040 g/mol. The quantitative estimate of drug-likeness (QED) is 0.0329. The number of carbonyl (C=O) groups is 2. The number of ether oxygens (including phenoxy) is 4. The predicted octanol–water partition coefficient (Wildman–Crippen LogP) is 7.36. The molecular formula is C44H46Br2N6O10S2. The molecule has 0 bridgehead atoms. The highest BCUT2D eigenvalue weighted by Crippen LogP contribution is 2.35. The van der Waals surface area contributed by atoms with E-state index in [1.807, 2.05) is 50.2 Å². The Morgan fingerprint density at radius 2 is 1.03 bits per heavy atom. The van der Waals surface area contributed by atoms with Gasteiger partial charge in [-0.1, -0.05) is 36.4 Å². The molecule has 0 aliphatic heterocycles. The molecule has 0 fully saturated rings. The molecule has 4 heterocycles. The van der Waals surface area contributed by atoms with Crippen LogP contribution in [0.4, 0.5) is 0 Å². The van der Waals surface area contributed by atoms with Crippen LogP contribution < -0.4 is 29.6 Å². The van der Waals surface area contributed by atoms with Crippen molar-refractivity contribution in [2.75, 3.05) is 13.1 Å². The summed E-state index contributed by atoms with van der Waals surface area (Å²) in [6.45, 7) is 5.67. The molecule has 6 rings (SSSR count). The first-order valence-corrected chi connectivity index (χ1v) is 23.2. The zero-order chi connectivity index (χ0) is 45.6. The Hall–Kier alpha value is -5.06. The standard InChI is InChI=1S/C44H46Br2N6O10S2/c1-25-27(19-59-43-37(45)9-29(13-47-15-31(53)11-39(55)56)41(51-43)61-21-33-17-49-23-63-33)5-3-7-35(25)36-8-4-6-28(26(36)2)20-60-44-38(46)10-30(14-48-16-32(54)12-40(57)58)42(52-44)62-22-34-18-50-24-64-34/h3-10,17-18,23-24,31-32,47-48,53-54H,11-16,19-22H2,1-2H3,(H,55,56)(H,57,58)/t31-,32-/m0/s1. The topological polar surface area (TPSA) is 228 Å². The lowest BCUT2D eigenvalue weighted by atomic mass is 9.92. The lowest BCUT2D eigenvalue weighted by Gasteiger charge is -2.18. The minimum atomic E-state index is -1.08. The normalized spacial score (nSPS) is 12.2. The summed E-state index contributed by atoms with van der Waals surface area (Å²) in [4.78, 5) is 41.5. The molecule has 6 aromatic rings. The van der Waals surface area contributed by atoms with Gasteiger partial charge in [0.05, 0.1) is 54.8 Å². The number of aliphatic hydroxyl groups excluding tert-OH is 2. The van der Waals surface area contributed by atoms with E-state index >= 15 is 0 Å². The third-order valence-corrected chi connectivity index (χ3v) is 12.4. The van der Waals surface area contributed by atoms with Gasteiger partial charge in [-0.2, -0.15) is 9.97 Å². The lowest BCUT2D eigenvalue weighted by molar-refractivity contribution is -0.140. The van der Waals surface area contributed by atoms with E-state index < -0.39 is 24.1 Å². The Balaban J connectivity index is 1.15. The number of benzene rings is 2. The van der Waals surface area contributed by atoms with Crippen LogP contribution in [0, 0.1) is 13.8 Å². The van der Waals surface area contributed by atoms with Crippen molar-refractivity contribution >= 4 is 66.5 Å². The van der Waals surface area contributed by atoms with Crippen molar-refractivity contribution in [3.63, 3.8) is 0 Å². The SMILES string of the molecule is Cc1c(COc2nc(OCc3cncs3)c(CNC[C@@H](O)CC(=O)O)cc2Br)cccc1-c1cccc(COc2nc(OCc3cncs3)c(CNC[C@@H](O)CC(=O)O)cc2Br)c1C. The van der Waals surface area contributed by atoms with Gasteiger partial charge in [0.25, 0.3) is 0 Å². The van der Waals surface area contributed by atoms with Crippen LogP contribution in [0.25, 0.3) is 11.1 Å². The van der Waals surface area contributed by atoms with Gasteiger partial charge in [-0.25, -0.2) is 0 Å². The maximum Gasteiger partial charge on any atom is 0.306 e. The van der Waals surface area contributed by atoms with Crippen LogP contribution in [0.15, 0.2) is 80.9 Å². The summed E-state index contributed by atoms with van der Waals surface area (Å²) in [5.74, 6) is -0.863. The Labute approximate surface area is 394 Å². The molecule has 20 heteroatoms. The van der Waals surface area contributed by atoms with Gasteiger partial charge in [-0.3, -0.25) is 19.6 Å². The zero-order valence-corrected chi connectivity index (χ0v) is 39.6. The molecular weight excluding hydrogens is 996 g/mol. The number of carboxylic acid groups (broad SMARTS) is 2. The Kier molecular flexibility index (Phi) is 18.0. The number of hydrogen-bond acceptors (Lipinski definition) is 16. The van der Waals surface area contributed by atoms with Crippen molar-refractivity contribution in [1.29, 1.82) is 0 Å². The van der Waals surface area contributed by atoms with Crippen LogP contribution in [0.1, 0.15) is 56.0 Å². The largest absolute Gasteiger partial charge is 0.481 e. The third kappa shape index (κ3) is 14.0. The van der Waals surface area contributed by atoms with Gasteiger partial charge in [-0.05, 0) is 91.2 Å². The second kappa shape index (κ2) is 23.7. The Morgan fingerprint density at radius 3 is 1.41 bits per heavy atom. The maximum absolute atomic E-state index is 11.0. The molecule has 0 spiro atoms. The van der Waals surface area contributed by atoms with Crippen LogP contribution in [-0.4, -0.2) is 77.6 Å². The number of carboxylic acids is 2. The summed E-state index contributed by atoms with van der Waals surface area (Å²) in [5.41, 5.74) is 10.8. The van der Waals surface area contributed by atoms with Crippen molar-refractivity contribution in [3.8, 4) is 34.6 Å². The first-order chi connectivity index (χ1) is 30.8. The molecule has 2 atom stereocenters. The van der Waals surface area contributed by atoms with Crippen LogP contribution >= 0.6 is 54.5 Å². The molecule has 0 saturated heterocycles. The minimum absolute atomic E-state index is 0.0715. The number of halogens is 2. The molecule has 338 valence electrons. The van der Waals surface area contributed by atoms with Gasteiger partial charge in [0.2, 0.25) is 23.5 Å². The number of rotatable bonds is 25. The number of hydrogen-bond donors (Lipinski definition) is 6. The molecule has 4 aromatic heterocycles. The van der Waals surface area contributed by atoms with Crippen molar-refractivity contribution in [2.24, 2.45) is 0 Å². The number of aliphatic hydroxyl groups is 2. The summed E-state index contributed by atoms with van der Waals surface area (Å²) < 4.78 is 26.0. The van der Waals surface area contributed by atoms with Gasteiger partial charge in [0.15, 0.2) is 0 Å². The van der Waals surface area contributed by atoms with E-state index in [9.17, 15) is 19.8 Å². The summed E-state index contributed by atoms with van der Waals surface area (Å²) >= 11 is 10.1. The lowest BCUT2D eigenvalue weighted by Crippen LogP contribution is -2.28. The zero-order valence-electron chi connectivity index (χ0n) is 34.8. The first kappa shape index (κ1) is 48.4. The smallest absolute Gasteiger partial charge is 0.306 e. The molecule has 16 nitrogen and oxygen atoms in total. The number of pyridine rings is 2. The van der Waals surface area contributed by atoms with Gasteiger partial charge in [0.1, 0.15) is 26.4 Å². The van der Waals surface area contributed by atoms with Crippen molar-refractivity contribution in [3.05, 3.63) is 124 Å². The Morgan fingerprint density at radius 1 is 0.625 bits per heavy atom. The highest BCUT2D eigenvalue weighted by Gasteiger charge is 2.19. The van der Waals surface area contributed by atoms with E-state index in [0.29, 0.717) is 43.6 Å². The second-order valence-corrected chi connectivity index (χ2v) is 18.2.